The molecule has 124 valence electrons. The summed E-state index contributed by atoms with van der Waals surface area (Å²) in [7, 11) is 0. The van der Waals surface area contributed by atoms with Gasteiger partial charge < -0.3 is 9.30 Å². The Hall–Kier alpha value is -2.67. The van der Waals surface area contributed by atoms with Crippen molar-refractivity contribution in [2.75, 3.05) is 12.0 Å². The van der Waals surface area contributed by atoms with E-state index in [9.17, 15) is 0 Å². The van der Waals surface area contributed by atoms with Gasteiger partial charge in [-0.1, -0.05) is 0 Å². The maximum absolute atomic E-state index is 5.73. The third-order valence-electron chi connectivity index (χ3n) is 3.26. The van der Waals surface area contributed by atoms with E-state index in [2.05, 4.69) is 20.5 Å². The van der Waals surface area contributed by atoms with Crippen LogP contribution in [0.1, 0.15) is 17.7 Å². The van der Waals surface area contributed by atoms with Gasteiger partial charge >= 0.3 is 0 Å². The maximum atomic E-state index is 5.73. The van der Waals surface area contributed by atoms with Crippen LogP contribution >= 0.6 is 11.3 Å². The van der Waals surface area contributed by atoms with Gasteiger partial charge in [-0.2, -0.15) is 5.10 Å². The molecule has 0 aliphatic rings. The number of hydrazone groups is 1. The van der Waals surface area contributed by atoms with Crippen molar-refractivity contribution in [2.24, 2.45) is 5.10 Å². The number of imidazole rings is 1. The lowest BCUT2D eigenvalue weighted by Crippen LogP contribution is -2.03. The molecular weight excluding hydrogens is 322 g/mol. The normalized spacial score (nSPS) is 11.0. The lowest BCUT2D eigenvalue weighted by Gasteiger charge is -2.06. The zero-order valence-electron chi connectivity index (χ0n) is 13.4. The average molecular weight is 341 g/mol. The van der Waals surface area contributed by atoms with Crippen LogP contribution in [-0.2, 0) is 6.54 Å². The predicted octanol–water partition coefficient (Wildman–Crippen LogP) is 3.56. The van der Waals surface area contributed by atoms with Crippen molar-refractivity contribution in [1.82, 2.24) is 14.5 Å². The van der Waals surface area contributed by atoms with Crippen molar-refractivity contribution in [3.05, 3.63) is 59.6 Å². The highest BCUT2D eigenvalue weighted by Gasteiger charge is 1.97. The van der Waals surface area contributed by atoms with E-state index in [1.807, 2.05) is 53.7 Å². The fraction of sp³-hybridized carbons (Fsp3) is 0.235. The molecule has 0 radical (unpaired) electrons. The molecule has 24 heavy (non-hydrogen) atoms. The maximum Gasteiger partial charge on any atom is 0.203 e. The summed E-state index contributed by atoms with van der Waals surface area (Å²) >= 11 is 1.54. The minimum Gasteiger partial charge on any atom is -0.494 e. The molecule has 0 atom stereocenters. The molecule has 3 rings (SSSR count). The monoisotopic (exact) mass is 341 g/mol. The molecule has 0 saturated carbocycles. The molecule has 0 bridgehead atoms. The first kappa shape index (κ1) is 16.2. The third-order valence-corrected chi connectivity index (χ3v) is 4.13. The van der Waals surface area contributed by atoms with Gasteiger partial charge in [0.1, 0.15) is 5.75 Å². The molecule has 3 aromatic rings. The third kappa shape index (κ3) is 4.92. The van der Waals surface area contributed by atoms with Gasteiger partial charge in [0, 0.05) is 24.3 Å². The van der Waals surface area contributed by atoms with Crippen molar-refractivity contribution in [2.45, 2.75) is 19.9 Å². The number of aryl methyl sites for hydroxylation is 2. The summed E-state index contributed by atoms with van der Waals surface area (Å²) in [5.74, 6) is 0.862. The molecule has 0 aliphatic heterocycles. The molecule has 7 heteroatoms. The number of nitrogens with zero attached hydrogens (tertiary/aromatic N) is 4. The summed E-state index contributed by atoms with van der Waals surface area (Å²) in [6.07, 6.45) is 8.26. The summed E-state index contributed by atoms with van der Waals surface area (Å²) < 4.78 is 7.78. The van der Waals surface area contributed by atoms with Gasteiger partial charge in [0.25, 0.3) is 0 Å². The van der Waals surface area contributed by atoms with E-state index >= 15 is 0 Å². The summed E-state index contributed by atoms with van der Waals surface area (Å²) in [4.78, 5) is 8.30. The zero-order chi connectivity index (χ0) is 16.6. The first-order valence-corrected chi connectivity index (χ1v) is 8.57. The van der Waals surface area contributed by atoms with E-state index in [1.165, 1.54) is 11.3 Å². The number of rotatable bonds is 8. The first-order valence-electron chi connectivity index (χ1n) is 7.69. The van der Waals surface area contributed by atoms with Crippen molar-refractivity contribution in [1.29, 1.82) is 0 Å². The van der Waals surface area contributed by atoms with Gasteiger partial charge in [-0.05, 0) is 43.2 Å². The number of nitrogens with one attached hydrogen (secondary N) is 1. The quantitative estimate of drug-likeness (QED) is 0.386. The molecule has 2 heterocycles. The fourth-order valence-corrected chi connectivity index (χ4v) is 2.71. The highest BCUT2D eigenvalue weighted by molar-refractivity contribution is 7.13. The Bertz CT molecular complexity index is 765. The number of thiazole rings is 1. The molecule has 1 aromatic carbocycles. The summed E-state index contributed by atoms with van der Waals surface area (Å²) in [5.41, 5.74) is 4.92. The van der Waals surface area contributed by atoms with Crippen molar-refractivity contribution >= 4 is 22.7 Å². The molecule has 1 N–H and O–H groups in total. The molecular formula is C17H19N5OS. The van der Waals surface area contributed by atoms with Crippen LogP contribution in [0.5, 0.6) is 5.75 Å². The van der Waals surface area contributed by atoms with Gasteiger partial charge in [-0.25, -0.2) is 9.97 Å². The Kier molecular flexibility index (Phi) is 5.57. The lowest BCUT2D eigenvalue weighted by molar-refractivity contribution is 0.302. The Morgan fingerprint density at radius 2 is 2.21 bits per heavy atom. The molecule has 2 aromatic heterocycles. The first-order chi connectivity index (χ1) is 11.8. The van der Waals surface area contributed by atoms with Crippen molar-refractivity contribution < 1.29 is 4.74 Å². The smallest absolute Gasteiger partial charge is 0.203 e. The molecule has 0 amide bonds. The number of hydrogen-bond acceptors (Lipinski definition) is 6. The topological polar surface area (TPSA) is 64.3 Å². The Morgan fingerprint density at radius 3 is 2.92 bits per heavy atom. The Balaban J connectivity index is 1.41. The largest absolute Gasteiger partial charge is 0.494 e. The number of aromatic nitrogens is 3. The average Bonchev–Trinajstić information content (AvgIpc) is 3.25. The number of ether oxygens (including phenoxy) is 1. The van der Waals surface area contributed by atoms with Crippen molar-refractivity contribution in [3.8, 4) is 5.75 Å². The number of benzene rings is 1. The van der Waals surface area contributed by atoms with Crippen LogP contribution in [-0.4, -0.2) is 27.4 Å². The Morgan fingerprint density at radius 1 is 1.33 bits per heavy atom. The second kappa shape index (κ2) is 8.26. The molecule has 0 saturated heterocycles. The molecule has 0 fully saturated rings. The van der Waals surface area contributed by atoms with Gasteiger partial charge in [-0.15, -0.1) is 11.3 Å². The van der Waals surface area contributed by atoms with E-state index in [-0.39, 0.29) is 0 Å². The summed E-state index contributed by atoms with van der Waals surface area (Å²) in [6, 6.07) is 7.85. The summed E-state index contributed by atoms with van der Waals surface area (Å²) in [5, 5.41) is 6.96. The SMILES string of the molecule is Cc1csc(NN=Cc2ccc(OCCCn3ccnc3)cc2)n1. The molecule has 0 spiro atoms. The highest BCUT2D eigenvalue weighted by Crippen LogP contribution is 2.14. The van der Waals surface area contributed by atoms with Gasteiger partial charge in [0.05, 0.1) is 24.8 Å². The van der Waals surface area contributed by atoms with Gasteiger partial charge in [0.2, 0.25) is 5.13 Å². The van der Waals surface area contributed by atoms with Crippen LogP contribution in [0, 0.1) is 6.92 Å². The highest BCUT2D eigenvalue weighted by atomic mass is 32.1. The minimum absolute atomic E-state index is 0.677. The second-order valence-electron chi connectivity index (χ2n) is 5.24. The van der Waals surface area contributed by atoms with Crippen LogP contribution < -0.4 is 10.2 Å². The molecule has 6 nitrogen and oxygen atoms in total. The van der Waals surface area contributed by atoms with E-state index in [4.69, 9.17) is 4.74 Å². The van der Waals surface area contributed by atoms with Gasteiger partial charge in [0.15, 0.2) is 0 Å². The van der Waals surface area contributed by atoms with Crippen LogP contribution in [0.4, 0.5) is 5.13 Å². The lowest BCUT2D eigenvalue weighted by atomic mass is 10.2. The standard InChI is InChI=1S/C17H19N5OS/c1-14-12-24-17(20-14)21-19-11-15-3-5-16(6-4-15)23-10-2-8-22-9-7-18-13-22/h3-7,9,11-13H,2,8,10H2,1H3,(H,20,21). The predicted molar refractivity (Wildman–Crippen MR) is 96.8 cm³/mol. The zero-order valence-corrected chi connectivity index (χ0v) is 14.2. The van der Waals surface area contributed by atoms with Crippen LogP contribution in [0.25, 0.3) is 0 Å². The van der Waals surface area contributed by atoms with Crippen LogP contribution in [0.15, 0.2) is 53.5 Å². The molecule has 0 unspecified atom stereocenters. The fourth-order valence-electron chi connectivity index (χ4n) is 2.07. The number of anilines is 1. The van der Waals surface area contributed by atoms with E-state index in [1.54, 1.807) is 12.4 Å². The summed E-state index contributed by atoms with van der Waals surface area (Å²) in [6.45, 7) is 3.54. The van der Waals surface area contributed by atoms with E-state index in [0.29, 0.717) is 6.61 Å². The minimum atomic E-state index is 0.677. The molecule has 0 aliphatic carbocycles. The van der Waals surface area contributed by atoms with Crippen LogP contribution in [0.2, 0.25) is 0 Å². The van der Waals surface area contributed by atoms with Crippen molar-refractivity contribution in [3.63, 3.8) is 0 Å². The second-order valence-corrected chi connectivity index (χ2v) is 6.09. The van der Waals surface area contributed by atoms with E-state index in [0.717, 1.165) is 35.1 Å². The van der Waals surface area contributed by atoms with E-state index < -0.39 is 0 Å². The van der Waals surface area contributed by atoms with Crippen LogP contribution in [0.3, 0.4) is 0 Å². The number of hydrogen-bond donors (Lipinski definition) is 1. The Labute approximate surface area is 144 Å². The van der Waals surface area contributed by atoms with Gasteiger partial charge in [-0.3, -0.25) is 5.43 Å².